The first-order valence-corrected chi connectivity index (χ1v) is 10.9. The molecule has 0 radical (unpaired) electrons. The lowest BCUT2D eigenvalue weighted by Gasteiger charge is -2.33. The Balaban J connectivity index is 0.00000841. The molecule has 3 N–H and O–H groups in total. The van der Waals surface area contributed by atoms with E-state index in [9.17, 15) is 9.59 Å². The lowest BCUT2D eigenvalue weighted by Crippen LogP contribution is -2.52. The number of guanidine groups is 1. The largest absolute Gasteiger partial charge is 0.444 e. The highest BCUT2D eigenvalue weighted by Crippen LogP contribution is 2.18. The minimum Gasteiger partial charge on any atom is -0.444 e. The molecule has 1 fully saturated rings. The average molecular weight is 540 g/mol. The number of carbonyl (C=O) groups is 2. The number of alkyl carbamates (subject to hydrolysis) is 1. The summed E-state index contributed by atoms with van der Waals surface area (Å²) in [6.07, 6.45) is 2.51. The van der Waals surface area contributed by atoms with E-state index in [1.54, 1.807) is 0 Å². The number of aliphatic imine (C=N–C) groups is 1. The van der Waals surface area contributed by atoms with Crippen LogP contribution in [0.3, 0.4) is 0 Å². The van der Waals surface area contributed by atoms with Gasteiger partial charge in [-0.2, -0.15) is 0 Å². The molecule has 8 nitrogen and oxygen atoms in total. The number of amides is 2. The maximum Gasteiger partial charge on any atom is 0.408 e. The van der Waals surface area contributed by atoms with Gasteiger partial charge in [0.25, 0.3) is 0 Å². The number of halogens is 1. The number of carbonyl (C=O) groups excluding carboxylic acids is 2. The molecule has 30 heavy (non-hydrogen) atoms. The van der Waals surface area contributed by atoms with Crippen LogP contribution in [0.5, 0.6) is 0 Å². The summed E-state index contributed by atoms with van der Waals surface area (Å²) in [6.45, 7) is 16.2. The summed E-state index contributed by atoms with van der Waals surface area (Å²) in [5, 5.41) is 9.74. The SMILES string of the molecule is CCNC(=NCC(CC)(CC)NC(=O)OC(C)(C)C)NC1CCN(C(=O)CC)C1.I. The Hall–Kier alpha value is -1.26. The van der Waals surface area contributed by atoms with E-state index >= 15 is 0 Å². The molecule has 1 rings (SSSR count). The van der Waals surface area contributed by atoms with Crippen LogP contribution in [0.1, 0.15) is 74.1 Å². The normalized spacial score (nSPS) is 17.2. The van der Waals surface area contributed by atoms with Crippen LogP contribution in [0.15, 0.2) is 4.99 Å². The van der Waals surface area contributed by atoms with Crippen molar-refractivity contribution in [3.63, 3.8) is 0 Å². The van der Waals surface area contributed by atoms with Crippen LogP contribution in [0.2, 0.25) is 0 Å². The van der Waals surface area contributed by atoms with Crippen molar-refractivity contribution in [2.75, 3.05) is 26.2 Å². The molecule has 9 heteroatoms. The molecule has 1 aliphatic heterocycles. The highest BCUT2D eigenvalue weighted by molar-refractivity contribution is 14.0. The predicted octanol–water partition coefficient (Wildman–Crippen LogP) is 3.25. The zero-order valence-corrected chi connectivity index (χ0v) is 22.1. The van der Waals surface area contributed by atoms with Gasteiger partial charge < -0.3 is 25.6 Å². The summed E-state index contributed by atoms with van der Waals surface area (Å²) in [5.41, 5.74) is -1.01. The van der Waals surface area contributed by atoms with E-state index in [1.807, 2.05) is 53.4 Å². The smallest absolute Gasteiger partial charge is 0.408 e. The molecule has 1 atom stereocenters. The van der Waals surface area contributed by atoms with E-state index in [1.165, 1.54) is 0 Å². The zero-order valence-electron chi connectivity index (χ0n) is 19.8. The van der Waals surface area contributed by atoms with Crippen molar-refractivity contribution in [2.24, 2.45) is 4.99 Å². The summed E-state index contributed by atoms with van der Waals surface area (Å²) < 4.78 is 5.44. The molecule has 176 valence electrons. The average Bonchev–Trinajstić information content (AvgIpc) is 3.11. The first-order valence-electron chi connectivity index (χ1n) is 10.9. The fraction of sp³-hybridized carbons (Fsp3) is 0.857. The lowest BCUT2D eigenvalue weighted by molar-refractivity contribution is -0.129. The molecule has 0 aliphatic carbocycles. The van der Waals surface area contributed by atoms with Gasteiger partial charge in [-0.3, -0.25) is 9.79 Å². The van der Waals surface area contributed by atoms with Crippen molar-refractivity contribution in [1.82, 2.24) is 20.9 Å². The number of likely N-dealkylation sites (tertiary alicyclic amines) is 1. The Kier molecular flexibility index (Phi) is 12.7. The fourth-order valence-electron chi connectivity index (χ4n) is 3.28. The molecule has 1 aliphatic rings. The second kappa shape index (κ2) is 13.2. The van der Waals surface area contributed by atoms with Gasteiger partial charge in [0.15, 0.2) is 5.96 Å². The molecule has 0 aromatic carbocycles. The number of hydrogen-bond acceptors (Lipinski definition) is 4. The quantitative estimate of drug-likeness (QED) is 0.250. The van der Waals surface area contributed by atoms with Crippen molar-refractivity contribution in [1.29, 1.82) is 0 Å². The standard InChI is InChI=1S/C21H41N5O3.HI/c1-8-17(27)26-13-12-16(14-26)24-18(22-11-4)23-15-21(9-2,10-3)25-19(28)29-20(5,6)7;/h16H,8-15H2,1-7H3,(H,25,28)(H2,22,23,24);1H. The Bertz CT molecular complexity index is 573. The van der Waals surface area contributed by atoms with Crippen molar-refractivity contribution >= 4 is 41.9 Å². The van der Waals surface area contributed by atoms with Gasteiger partial charge >= 0.3 is 6.09 Å². The number of rotatable bonds is 8. The molecule has 1 saturated heterocycles. The highest BCUT2D eigenvalue weighted by Gasteiger charge is 2.31. The second-order valence-corrected chi connectivity index (χ2v) is 8.63. The van der Waals surface area contributed by atoms with Crippen LogP contribution in [-0.2, 0) is 9.53 Å². The molecule has 0 bridgehead atoms. The van der Waals surface area contributed by atoms with Gasteiger partial charge in [-0.1, -0.05) is 20.8 Å². The van der Waals surface area contributed by atoms with Gasteiger partial charge in [0.2, 0.25) is 5.91 Å². The zero-order chi connectivity index (χ0) is 22.1. The molecule has 2 amide bonds. The van der Waals surface area contributed by atoms with E-state index in [4.69, 9.17) is 9.73 Å². The van der Waals surface area contributed by atoms with Gasteiger partial charge in [-0.05, 0) is 47.0 Å². The van der Waals surface area contributed by atoms with Gasteiger partial charge in [0.05, 0.1) is 12.1 Å². The van der Waals surface area contributed by atoms with Gasteiger partial charge in [0, 0.05) is 32.1 Å². The van der Waals surface area contributed by atoms with Crippen molar-refractivity contribution < 1.29 is 14.3 Å². The molecule has 0 aromatic rings. The second-order valence-electron chi connectivity index (χ2n) is 8.63. The van der Waals surface area contributed by atoms with Gasteiger partial charge in [-0.15, -0.1) is 24.0 Å². The first-order chi connectivity index (χ1) is 13.6. The van der Waals surface area contributed by atoms with Crippen LogP contribution >= 0.6 is 24.0 Å². The first kappa shape index (κ1) is 28.7. The number of nitrogens with one attached hydrogen (secondary N) is 3. The number of ether oxygens (including phenoxy) is 1. The molecular formula is C21H42IN5O3. The molecule has 1 heterocycles. The minimum atomic E-state index is -0.540. The summed E-state index contributed by atoms with van der Waals surface area (Å²) in [6, 6.07) is 0.180. The monoisotopic (exact) mass is 539 g/mol. The molecule has 0 spiro atoms. The Morgan fingerprint density at radius 2 is 1.77 bits per heavy atom. The Labute approximate surface area is 199 Å². The Morgan fingerprint density at radius 1 is 1.13 bits per heavy atom. The fourth-order valence-corrected chi connectivity index (χ4v) is 3.28. The summed E-state index contributed by atoms with van der Waals surface area (Å²) in [7, 11) is 0. The number of nitrogens with zero attached hydrogens (tertiary/aromatic N) is 2. The summed E-state index contributed by atoms with van der Waals surface area (Å²) in [5.74, 6) is 0.898. The lowest BCUT2D eigenvalue weighted by atomic mass is 9.93. The minimum absolute atomic E-state index is 0. The third kappa shape index (κ3) is 9.70. The molecule has 1 unspecified atom stereocenters. The third-order valence-electron chi connectivity index (χ3n) is 5.19. The summed E-state index contributed by atoms with van der Waals surface area (Å²) in [4.78, 5) is 30.9. The maximum atomic E-state index is 12.3. The van der Waals surface area contributed by atoms with E-state index in [2.05, 4.69) is 16.0 Å². The third-order valence-corrected chi connectivity index (χ3v) is 5.19. The van der Waals surface area contributed by atoms with Crippen LogP contribution in [0, 0.1) is 0 Å². The van der Waals surface area contributed by atoms with Gasteiger partial charge in [-0.25, -0.2) is 4.79 Å². The van der Waals surface area contributed by atoms with Crippen LogP contribution in [0.4, 0.5) is 4.79 Å². The summed E-state index contributed by atoms with van der Waals surface area (Å²) >= 11 is 0. The van der Waals surface area contributed by atoms with E-state index < -0.39 is 17.2 Å². The van der Waals surface area contributed by atoms with E-state index in [-0.39, 0.29) is 35.9 Å². The van der Waals surface area contributed by atoms with Gasteiger partial charge in [0.1, 0.15) is 5.60 Å². The van der Waals surface area contributed by atoms with Crippen molar-refractivity contribution in [3.8, 4) is 0 Å². The molecule has 0 saturated carbocycles. The Morgan fingerprint density at radius 3 is 2.27 bits per heavy atom. The predicted molar refractivity (Wildman–Crippen MR) is 132 cm³/mol. The van der Waals surface area contributed by atoms with Crippen LogP contribution < -0.4 is 16.0 Å². The molecule has 0 aromatic heterocycles. The highest BCUT2D eigenvalue weighted by atomic mass is 127. The van der Waals surface area contributed by atoms with E-state index in [0.29, 0.717) is 25.5 Å². The van der Waals surface area contributed by atoms with Crippen molar-refractivity contribution in [3.05, 3.63) is 0 Å². The van der Waals surface area contributed by atoms with Crippen molar-refractivity contribution in [2.45, 2.75) is 91.3 Å². The topological polar surface area (TPSA) is 95.1 Å². The van der Waals surface area contributed by atoms with E-state index in [0.717, 1.165) is 32.4 Å². The molecular weight excluding hydrogens is 497 g/mol. The van der Waals surface area contributed by atoms with Crippen LogP contribution in [-0.4, -0.2) is 66.2 Å². The number of hydrogen-bond donors (Lipinski definition) is 3. The maximum absolute atomic E-state index is 12.3. The van der Waals surface area contributed by atoms with Crippen LogP contribution in [0.25, 0.3) is 0 Å².